The van der Waals surface area contributed by atoms with Gasteiger partial charge in [0.2, 0.25) is 0 Å². The summed E-state index contributed by atoms with van der Waals surface area (Å²) in [7, 11) is 0. The molecule has 0 atom stereocenters. The monoisotopic (exact) mass is 273 g/mol. The van der Waals surface area contributed by atoms with Crippen LogP contribution >= 0.6 is 34.3 Å². The van der Waals surface area contributed by atoms with E-state index in [-0.39, 0.29) is 6.42 Å². The van der Waals surface area contributed by atoms with Crippen molar-refractivity contribution >= 4 is 40.2 Å². The van der Waals surface area contributed by atoms with E-state index in [0.717, 1.165) is 19.9 Å². The summed E-state index contributed by atoms with van der Waals surface area (Å²) in [5.41, 5.74) is 0.877. The summed E-state index contributed by atoms with van der Waals surface area (Å²) in [5.74, 6) is -0.795. The maximum atomic E-state index is 10.4. The Morgan fingerprint density at radius 1 is 1.50 bits per heavy atom. The summed E-state index contributed by atoms with van der Waals surface area (Å²) in [4.78, 5) is 15.8. The van der Waals surface area contributed by atoms with Gasteiger partial charge < -0.3 is 5.11 Å². The fourth-order valence-electron chi connectivity index (χ4n) is 1.20. The first kappa shape index (κ1) is 11.6. The van der Waals surface area contributed by atoms with E-state index in [4.69, 9.17) is 16.7 Å². The predicted molar refractivity (Wildman–Crippen MR) is 66.4 cm³/mol. The molecule has 3 nitrogen and oxygen atoms in total. The summed E-state index contributed by atoms with van der Waals surface area (Å²) in [6, 6.07) is 3.75. The number of hydrogen-bond acceptors (Lipinski definition) is 4. The first-order valence-corrected chi connectivity index (χ1v) is 6.64. The van der Waals surface area contributed by atoms with E-state index >= 15 is 0 Å². The van der Waals surface area contributed by atoms with Gasteiger partial charge in [0.25, 0.3) is 0 Å². The van der Waals surface area contributed by atoms with Gasteiger partial charge in [-0.1, -0.05) is 11.6 Å². The lowest BCUT2D eigenvalue weighted by Crippen LogP contribution is -1.96. The molecule has 6 heteroatoms. The van der Waals surface area contributed by atoms with Crippen molar-refractivity contribution in [1.29, 1.82) is 0 Å². The summed E-state index contributed by atoms with van der Waals surface area (Å²) < 4.78 is 0.732. The van der Waals surface area contributed by atoms with Crippen LogP contribution in [0.4, 0.5) is 0 Å². The van der Waals surface area contributed by atoms with Crippen LogP contribution in [0.2, 0.25) is 4.34 Å². The third kappa shape index (κ3) is 2.81. The van der Waals surface area contributed by atoms with Gasteiger partial charge in [0.15, 0.2) is 0 Å². The molecule has 0 unspecified atom stereocenters. The zero-order valence-corrected chi connectivity index (χ0v) is 10.5. The number of aromatic nitrogens is 1. The molecule has 16 heavy (non-hydrogen) atoms. The van der Waals surface area contributed by atoms with Gasteiger partial charge in [0.1, 0.15) is 0 Å². The van der Waals surface area contributed by atoms with Crippen molar-refractivity contribution in [2.24, 2.45) is 0 Å². The molecule has 2 aromatic heterocycles. The van der Waals surface area contributed by atoms with Crippen LogP contribution in [-0.2, 0) is 11.2 Å². The highest BCUT2D eigenvalue weighted by atomic mass is 35.5. The zero-order valence-electron chi connectivity index (χ0n) is 8.14. The number of carbonyl (C=O) groups is 1. The van der Waals surface area contributed by atoms with E-state index in [1.54, 1.807) is 0 Å². The number of thiazole rings is 1. The third-order valence-corrected chi connectivity index (χ3v) is 4.09. The molecule has 1 N–H and O–H groups in total. The SMILES string of the molecule is O=C(O)CCc1nc(-c2ccc(Cl)s2)cs1. The molecule has 2 heterocycles. The number of carboxylic acids is 1. The van der Waals surface area contributed by atoms with Gasteiger partial charge in [0, 0.05) is 11.8 Å². The lowest BCUT2D eigenvalue weighted by atomic mass is 10.3. The minimum absolute atomic E-state index is 0.123. The summed E-state index contributed by atoms with van der Waals surface area (Å²) in [6.45, 7) is 0. The normalized spacial score (nSPS) is 10.6. The summed E-state index contributed by atoms with van der Waals surface area (Å²) in [6.07, 6.45) is 0.608. The van der Waals surface area contributed by atoms with E-state index < -0.39 is 5.97 Å². The van der Waals surface area contributed by atoms with Gasteiger partial charge in [0.05, 0.1) is 26.3 Å². The second kappa shape index (κ2) is 4.95. The number of rotatable bonds is 4. The lowest BCUT2D eigenvalue weighted by Gasteiger charge is -1.90. The number of aliphatic carboxylic acids is 1. The molecule has 0 radical (unpaired) electrons. The molecule has 0 aliphatic rings. The van der Waals surface area contributed by atoms with E-state index in [0.29, 0.717) is 6.42 Å². The van der Waals surface area contributed by atoms with Crippen molar-refractivity contribution in [1.82, 2.24) is 4.98 Å². The van der Waals surface area contributed by atoms with E-state index in [2.05, 4.69) is 4.98 Å². The third-order valence-electron chi connectivity index (χ3n) is 1.93. The van der Waals surface area contributed by atoms with Crippen LogP contribution in [0.15, 0.2) is 17.5 Å². The van der Waals surface area contributed by atoms with Crippen LogP contribution in [0.5, 0.6) is 0 Å². The van der Waals surface area contributed by atoms with Crippen LogP contribution in [-0.4, -0.2) is 16.1 Å². The zero-order chi connectivity index (χ0) is 11.5. The Balaban J connectivity index is 2.10. The Labute approximate surface area is 105 Å². The quantitative estimate of drug-likeness (QED) is 0.927. The van der Waals surface area contributed by atoms with Crippen molar-refractivity contribution in [3.8, 4) is 10.6 Å². The van der Waals surface area contributed by atoms with Crippen molar-refractivity contribution in [2.75, 3.05) is 0 Å². The molecule has 0 fully saturated rings. The standard InChI is InChI=1S/C10H8ClNO2S2/c11-8-2-1-7(16-8)6-5-15-9(12-6)3-4-10(13)14/h1-2,5H,3-4H2,(H,13,14). The number of carboxylic acid groups (broad SMARTS) is 1. The molecule has 0 aliphatic carbocycles. The topological polar surface area (TPSA) is 50.2 Å². The lowest BCUT2D eigenvalue weighted by molar-refractivity contribution is -0.136. The second-order valence-corrected chi connectivity index (χ2v) is 5.78. The predicted octanol–water partition coefficient (Wildman–Crippen LogP) is 3.54. The molecule has 0 aliphatic heterocycles. The maximum absolute atomic E-state index is 10.4. The minimum Gasteiger partial charge on any atom is -0.481 e. The highest BCUT2D eigenvalue weighted by molar-refractivity contribution is 7.19. The molecule has 0 aromatic carbocycles. The Morgan fingerprint density at radius 3 is 2.94 bits per heavy atom. The fraction of sp³-hybridized carbons (Fsp3) is 0.200. The molecule has 84 valence electrons. The van der Waals surface area contributed by atoms with Gasteiger partial charge in [-0.3, -0.25) is 4.79 Å². The highest BCUT2D eigenvalue weighted by Gasteiger charge is 2.08. The molecule has 2 aromatic rings. The van der Waals surface area contributed by atoms with Gasteiger partial charge in [-0.25, -0.2) is 4.98 Å². The first-order chi connectivity index (χ1) is 7.65. The minimum atomic E-state index is -0.795. The van der Waals surface area contributed by atoms with Gasteiger partial charge in [-0.15, -0.1) is 22.7 Å². The summed E-state index contributed by atoms with van der Waals surface area (Å²) >= 11 is 8.79. The molecule has 2 rings (SSSR count). The van der Waals surface area contributed by atoms with Crippen LogP contribution < -0.4 is 0 Å². The molecule has 0 bridgehead atoms. The molecule has 0 amide bonds. The van der Waals surface area contributed by atoms with Crippen molar-refractivity contribution in [2.45, 2.75) is 12.8 Å². The van der Waals surface area contributed by atoms with Crippen LogP contribution in [0, 0.1) is 0 Å². The van der Waals surface area contributed by atoms with Gasteiger partial charge in [-0.05, 0) is 12.1 Å². The Morgan fingerprint density at radius 2 is 2.31 bits per heavy atom. The van der Waals surface area contributed by atoms with Crippen LogP contribution in [0.3, 0.4) is 0 Å². The Kier molecular flexibility index (Phi) is 3.58. The number of nitrogens with zero attached hydrogens (tertiary/aromatic N) is 1. The largest absolute Gasteiger partial charge is 0.481 e. The molecule has 0 spiro atoms. The van der Waals surface area contributed by atoms with Crippen molar-refractivity contribution in [3.63, 3.8) is 0 Å². The Hall–Kier alpha value is -0.910. The number of thiophene rings is 1. The first-order valence-electron chi connectivity index (χ1n) is 4.57. The number of hydrogen-bond donors (Lipinski definition) is 1. The smallest absolute Gasteiger partial charge is 0.303 e. The number of aryl methyl sites for hydroxylation is 1. The molecular weight excluding hydrogens is 266 g/mol. The van der Waals surface area contributed by atoms with E-state index in [1.807, 2.05) is 17.5 Å². The van der Waals surface area contributed by atoms with Gasteiger partial charge in [-0.2, -0.15) is 0 Å². The van der Waals surface area contributed by atoms with Gasteiger partial charge >= 0.3 is 5.97 Å². The average molecular weight is 274 g/mol. The van der Waals surface area contributed by atoms with Crippen LogP contribution in [0.25, 0.3) is 10.6 Å². The fourth-order valence-corrected chi connectivity index (χ4v) is 3.08. The van der Waals surface area contributed by atoms with Crippen molar-refractivity contribution in [3.05, 3.63) is 26.9 Å². The summed E-state index contributed by atoms with van der Waals surface area (Å²) in [5, 5.41) is 11.3. The molecule has 0 saturated heterocycles. The molecular formula is C10H8ClNO2S2. The van der Waals surface area contributed by atoms with E-state index in [1.165, 1.54) is 22.7 Å². The van der Waals surface area contributed by atoms with Crippen molar-refractivity contribution < 1.29 is 9.90 Å². The number of halogens is 1. The average Bonchev–Trinajstić information content (AvgIpc) is 2.83. The second-order valence-electron chi connectivity index (χ2n) is 3.12. The Bertz CT molecular complexity index is 506. The van der Waals surface area contributed by atoms with Crippen LogP contribution in [0.1, 0.15) is 11.4 Å². The maximum Gasteiger partial charge on any atom is 0.303 e. The van der Waals surface area contributed by atoms with E-state index in [9.17, 15) is 4.79 Å². The molecule has 0 saturated carbocycles. The highest BCUT2D eigenvalue weighted by Crippen LogP contribution is 2.31.